The highest BCUT2D eigenvalue weighted by Gasteiger charge is 2.47. The minimum absolute atomic E-state index is 0.0300. The molecule has 3 rings (SSSR count). The van der Waals surface area contributed by atoms with E-state index in [1.807, 2.05) is 31.2 Å². The molecule has 10 nitrogen and oxygen atoms in total. The number of nitrogens with two attached hydrogens (primary N) is 2. The van der Waals surface area contributed by atoms with Gasteiger partial charge in [0.05, 0.1) is 13.2 Å². The fourth-order valence-electron chi connectivity index (χ4n) is 5.25. The second kappa shape index (κ2) is 13.6. The summed E-state index contributed by atoms with van der Waals surface area (Å²) in [7, 11) is 1.62. The summed E-state index contributed by atoms with van der Waals surface area (Å²) in [6.45, 7) is 2.79. The number of ether oxygens (including phenoxy) is 1. The first kappa shape index (κ1) is 28.6. The number of hydrogen-bond donors (Lipinski definition) is 5. The molecule has 0 aliphatic carbocycles. The van der Waals surface area contributed by atoms with Crippen molar-refractivity contribution in [2.24, 2.45) is 17.4 Å². The van der Waals surface area contributed by atoms with Crippen LogP contribution in [0.5, 0.6) is 5.75 Å². The van der Waals surface area contributed by atoms with E-state index < -0.39 is 18.1 Å². The van der Waals surface area contributed by atoms with Gasteiger partial charge in [-0.15, -0.1) is 0 Å². The van der Waals surface area contributed by atoms with E-state index in [9.17, 15) is 14.4 Å². The van der Waals surface area contributed by atoms with Crippen LogP contribution in [0.4, 0.5) is 0 Å². The Kier molecular flexibility index (Phi) is 10.5. The highest BCUT2D eigenvalue weighted by molar-refractivity contribution is 7.80. The Balaban J connectivity index is 1.68. The number of nitrogens with one attached hydrogen (secondary N) is 3. The molecule has 0 bridgehead atoms. The third kappa shape index (κ3) is 7.54. The normalized spacial score (nSPS) is 24.0. The summed E-state index contributed by atoms with van der Waals surface area (Å²) in [5.74, 6) is -0.0653. The molecule has 2 aliphatic heterocycles. The largest absolute Gasteiger partial charge is 0.497 e. The second-order valence-electron chi connectivity index (χ2n) is 9.80. The summed E-state index contributed by atoms with van der Waals surface area (Å²) in [6.07, 6.45) is 4.62. The van der Waals surface area contributed by atoms with E-state index in [1.54, 1.807) is 12.0 Å². The van der Waals surface area contributed by atoms with E-state index in [0.717, 1.165) is 30.6 Å². The molecule has 2 saturated heterocycles. The lowest BCUT2D eigenvalue weighted by molar-refractivity contribution is -0.143. The SMILES string of the molecule is CC[C@H](N)C(=O)N[C@@H]1C(=O)N2[C@@H](CC[C@@H]1CCNC(N)=S)CC[C@H]2C(=O)NCCc1ccc(OC)cc1. The minimum atomic E-state index is -0.754. The van der Waals surface area contributed by atoms with Gasteiger partial charge in [-0.25, -0.2) is 0 Å². The van der Waals surface area contributed by atoms with Gasteiger partial charge in [0.2, 0.25) is 17.7 Å². The molecular formula is C26H40N6O4S. The van der Waals surface area contributed by atoms with Crippen molar-refractivity contribution in [3.63, 3.8) is 0 Å². The van der Waals surface area contributed by atoms with Gasteiger partial charge in [0.25, 0.3) is 0 Å². The Morgan fingerprint density at radius 1 is 1.14 bits per heavy atom. The van der Waals surface area contributed by atoms with Crippen LogP contribution in [-0.4, -0.2) is 72.1 Å². The Bertz CT molecular complexity index is 959. The van der Waals surface area contributed by atoms with Gasteiger partial charge in [0.1, 0.15) is 17.8 Å². The Morgan fingerprint density at radius 2 is 1.84 bits per heavy atom. The lowest BCUT2D eigenvalue weighted by Gasteiger charge is -2.32. The van der Waals surface area contributed by atoms with Crippen molar-refractivity contribution in [3.8, 4) is 5.75 Å². The molecule has 2 heterocycles. The van der Waals surface area contributed by atoms with Crippen molar-refractivity contribution < 1.29 is 19.1 Å². The number of carbonyl (C=O) groups is 3. The number of fused-ring (bicyclic) bond motifs is 1. The number of amides is 3. The molecule has 1 aromatic carbocycles. The number of nitrogens with zero attached hydrogens (tertiary/aromatic N) is 1. The molecule has 3 amide bonds. The highest BCUT2D eigenvalue weighted by Crippen LogP contribution is 2.35. The third-order valence-corrected chi connectivity index (χ3v) is 7.57. The average Bonchev–Trinajstić information content (AvgIpc) is 3.27. The van der Waals surface area contributed by atoms with Gasteiger partial charge >= 0.3 is 0 Å². The molecule has 0 radical (unpaired) electrons. The van der Waals surface area contributed by atoms with Crippen molar-refractivity contribution in [1.29, 1.82) is 0 Å². The zero-order chi connectivity index (χ0) is 26.9. The van der Waals surface area contributed by atoms with Crippen LogP contribution in [0.3, 0.4) is 0 Å². The molecule has 2 aliphatic rings. The van der Waals surface area contributed by atoms with E-state index in [2.05, 4.69) is 16.0 Å². The van der Waals surface area contributed by atoms with Gasteiger partial charge in [0.15, 0.2) is 5.11 Å². The van der Waals surface area contributed by atoms with Crippen LogP contribution in [-0.2, 0) is 20.8 Å². The van der Waals surface area contributed by atoms with Gasteiger partial charge in [-0.2, -0.15) is 0 Å². The predicted octanol–water partition coefficient (Wildman–Crippen LogP) is 0.569. The molecule has 0 aromatic heterocycles. The molecule has 2 fully saturated rings. The van der Waals surface area contributed by atoms with Gasteiger partial charge in [-0.3, -0.25) is 14.4 Å². The first-order valence-electron chi connectivity index (χ1n) is 13.1. The standard InChI is InChI=1S/C26H40N6O4S/c1-3-20(27)23(33)31-22-17(13-15-30-26(28)37)6-7-18-8-11-21(32(18)25(22)35)24(34)29-14-12-16-4-9-19(36-2)10-5-16/h4-5,9-10,17-18,20-22H,3,6-8,11-15,27H2,1-2H3,(H,29,34)(H,31,33)(H3,28,30,37)/t17-,18+,20+,21+,22+/m1/s1. The number of rotatable bonds is 11. The quantitative estimate of drug-likeness (QED) is 0.260. The second-order valence-corrected chi connectivity index (χ2v) is 10.2. The van der Waals surface area contributed by atoms with E-state index in [1.165, 1.54) is 0 Å². The summed E-state index contributed by atoms with van der Waals surface area (Å²) >= 11 is 4.90. The van der Waals surface area contributed by atoms with E-state index in [0.29, 0.717) is 38.8 Å². The zero-order valence-corrected chi connectivity index (χ0v) is 22.5. The Labute approximate surface area is 224 Å². The lowest BCUT2D eigenvalue weighted by Crippen LogP contribution is -2.58. The molecular weight excluding hydrogens is 492 g/mol. The zero-order valence-electron chi connectivity index (χ0n) is 21.7. The molecule has 1 aromatic rings. The number of benzene rings is 1. The number of hydrogen-bond acceptors (Lipinski definition) is 6. The number of methoxy groups -OCH3 is 1. The van der Waals surface area contributed by atoms with Crippen LogP contribution in [0, 0.1) is 5.92 Å². The summed E-state index contributed by atoms with van der Waals surface area (Å²) in [5, 5.41) is 9.04. The van der Waals surface area contributed by atoms with Crippen LogP contribution in [0.25, 0.3) is 0 Å². The lowest BCUT2D eigenvalue weighted by atomic mass is 9.90. The van der Waals surface area contributed by atoms with E-state index in [-0.39, 0.29) is 34.8 Å². The Hall–Kier alpha value is -2.92. The maximum atomic E-state index is 13.9. The van der Waals surface area contributed by atoms with E-state index >= 15 is 0 Å². The fourth-order valence-corrected chi connectivity index (χ4v) is 5.35. The molecule has 7 N–H and O–H groups in total. The van der Waals surface area contributed by atoms with E-state index in [4.69, 9.17) is 28.4 Å². The van der Waals surface area contributed by atoms with Gasteiger partial charge < -0.3 is 37.1 Å². The topological polar surface area (TPSA) is 152 Å². The maximum Gasteiger partial charge on any atom is 0.246 e. The maximum absolute atomic E-state index is 13.9. The first-order chi connectivity index (χ1) is 17.7. The minimum Gasteiger partial charge on any atom is -0.497 e. The number of carbonyl (C=O) groups excluding carboxylic acids is 3. The smallest absolute Gasteiger partial charge is 0.246 e. The van der Waals surface area contributed by atoms with Gasteiger partial charge in [0, 0.05) is 19.1 Å². The molecule has 0 unspecified atom stereocenters. The van der Waals surface area contributed by atoms with Crippen LogP contribution in [0.15, 0.2) is 24.3 Å². The monoisotopic (exact) mass is 532 g/mol. The molecule has 204 valence electrons. The van der Waals surface area contributed by atoms with Crippen molar-refractivity contribution in [3.05, 3.63) is 29.8 Å². The third-order valence-electron chi connectivity index (χ3n) is 7.43. The summed E-state index contributed by atoms with van der Waals surface area (Å²) in [5.41, 5.74) is 12.6. The number of thiocarbonyl (C=S) groups is 1. The van der Waals surface area contributed by atoms with Crippen molar-refractivity contribution >= 4 is 35.1 Å². The van der Waals surface area contributed by atoms with Gasteiger partial charge in [-0.1, -0.05) is 19.1 Å². The molecule has 0 saturated carbocycles. The van der Waals surface area contributed by atoms with Crippen LogP contribution >= 0.6 is 12.2 Å². The van der Waals surface area contributed by atoms with Crippen molar-refractivity contribution in [2.45, 2.75) is 76.0 Å². The van der Waals surface area contributed by atoms with Gasteiger partial charge in [-0.05, 0) is 80.8 Å². The predicted molar refractivity (Wildman–Crippen MR) is 146 cm³/mol. The molecule has 5 atom stereocenters. The van der Waals surface area contributed by atoms with Crippen LogP contribution < -0.4 is 32.2 Å². The first-order valence-corrected chi connectivity index (χ1v) is 13.5. The molecule has 11 heteroatoms. The molecule has 0 spiro atoms. The van der Waals surface area contributed by atoms with Crippen molar-refractivity contribution in [2.75, 3.05) is 20.2 Å². The van der Waals surface area contributed by atoms with Crippen LogP contribution in [0.1, 0.15) is 51.0 Å². The average molecular weight is 533 g/mol. The summed E-state index contributed by atoms with van der Waals surface area (Å²) in [6, 6.07) is 5.68. The Morgan fingerprint density at radius 3 is 2.49 bits per heavy atom. The van der Waals surface area contributed by atoms with Crippen molar-refractivity contribution in [1.82, 2.24) is 20.9 Å². The summed E-state index contributed by atoms with van der Waals surface area (Å²) < 4.78 is 5.19. The molecule has 37 heavy (non-hydrogen) atoms. The fraction of sp³-hybridized carbons (Fsp3) is 0.615. The highest BCUT2D eigenvalue weighted by atomic mass is 32.1. The van der Waals surface area contributed by atoms with Crippen LogP contribution in [0.2, 0.25) is 0 Å². The summed E-state index contributed by atoms with van der Waals surface area (Å²) in [4.78, 5) is 41.5.